The van der Waals surface area contributed by atoms with Gasteiger partial charge < -0.3 is 5.32 Å². The van der Waals surface area contributed by atoms with Crippen molar-refractivity contribution in [2.24, 2.45) is 0 Å². The van der Waals surface area contributed by atoms with E-state index in [-0.39, 0.29) is 12.5 Å². The molecule has 2 rings (SSSR count). The molecular weight excluding hydrogens is 288 g/mol. The number of hydrogen-bond donors (Lipinski definition) is 1. The summed E-state index contributed by atoms with van der Waals surface area (Å²) in [6.45, 7) is -0.148. The number of nitrogens with one attached hydrogen (secondary N) is 1. The third kappa shape index (κ3) is 1.84. The lowest BCUT2D eigenvalue weighted by Gasteiger charge is -2.15. The van der Waals surface area contributed by atoms with Gasteiger partial charge in [-0.3, -0.25) is 19.3 Å². The summed E-state index contributed by atoms with van der Waals surface area (Å²) in [5.74, 6) is -1.58. The summed E-state index contributed by atoms with van der Waals surface area (Å²) in [5, 5.41) is 2.42. The zero-order valence-corrected chi connectivity index (χ0v) is 10.6. The Kier molecular flexibility index (Phi) is 2.97. The second kappa shape index (κ2) is 4.29. The van der Waals surface area contributed by atoms with E-state index < -0.39 is 11.7 Å². The summed E-state index contributed by atoms with van der Waals surface area (Å²) in [4.78, 5) is 36.0. The van der Waals surface area contributed by atoms with Crippen molar-refractivity contribution >= 4 is 39.2 Å². The van der Waals surface area contributed by atoms with Crippen LogP contribution in [0.2, 0.25) is 0 Å². The SMILES string of the molecule is CNC(=O)CN1C(=O)C(=O)c2c(Br)cccc21. The summed E-state index contributed by atoms with van der Waals surface area (Å²) in [6, 6.07) is 5.05. The van der Waals surface area contributed by atoms with Crippen molar-refractivity contribution in [1.29, 1.82) is 0 Å². The Labute approximate surface area is 106 Å². The first-order valence-electron chi connectivity index (χ1n) is 4.91. The minimum absolute atomic E-state index is 0.148. The molecule has 1 N–H and O–H groups in total. The summed E-state index contributed by atoms with van der Waals surface area (Å²) in [5.41, 5.74) is 0.791. The highest BCUT2D eigenvalue weighted by Crippen LogP contribution is 2.33. The molecule has 0 aromatic heterocycles. The molecule has 2 amide bonds. The number of amides is 2. The van der Waals surface area contributed by atoms with E-state index in [0.717, 1.165) is 0 Å². The molecule has 1 heterocycles. The van der Waals surface area contributed by atoms with Crippen molar-refractivity contribution < 1.29 is 14.4 Å². The zero-order chi connectivity index (χ0) is 12.6. The Morgan fingerprint density at radius 2 is 2.12 bits per heavy atom. The zero-order valence-electron chi connectivity index (χ0n) is 8.99. The van der Waals surface area contributed by atoms with Crippen LogP contribution in [0, 0.1) is 0 Å². The van der Waals surface area contributed by atoms with Crippen molar-refractivity contribution in [3.63, 3.8) is 0 Å². The van der Waals surface area contributed by atoms with Gasteiger partial charge in [-0.25, -0.2) is 0 Å². The Morgan fingerprint density at radius 1 is 1.41 bits per heavy atom. The van der Waals surface area contributed by atoms with Gasteiger partial charge in [-0.15, -0.1) is 0 Å². The van der Waals surface area contributed by atoms with Crippen LogP contribution in [0.4, 0.5) is 5.69 Å². The van der Waals surface area contributed by atoms with Crippen LogP contribution in [-0.4, -0.2) is 31.2 Å². The number of benzene rings is 1. The molecule has 6 heteroatoms. The molecule has 1 aromatic rings. The van der Waals surface area contributed by atoms with E-state index in [9.17, 15) is 14.4 Å². The lowest BCUT2D eigenvalue weighted by atomic mass is 10.1. The number of hydrogen-bond acceptors (Lipinski definition) is 3. The maximum atomic E-state index is 11.7. The number of nitrogens with zero attached hydrogens (tertiary/aromatic N) is 1. The summed E-state index contributed by atoms with van der Waals surface area (Å²) in [7, 11) is 1.48. The van der Waals surface area contributed by atoms with Crippen LogP contribution in [0.25, 0.3) is 0 Å². The van der Waals surface area contributed by atoms with Crippen LogP contribution in [0.15, 0.2) is 22.7 Å². The first-order chi connectivity index (χ1) is 8.06. The van der Waals surface area contributed by atoms with E-state index in [1.54, 1.807) is 18.2 Å². The van der Waals surface area contributed by atoms with E-state index in [1.807, 2.05) is 0 Å². The Morgan fingerprint density at radius 3 is 2.76 bits per heavy atom. The molecule has 1 aliphatic rings. The van der Waals surface area contributed by atoms with Crippen molar-refractivity contribution in [1.82, 2.24) is 5.32 Å². The molecule has 1 aliphatic heterocycles. The molecule has 0 bridgehead atoms. The van der Waals surface area contributed by atoms with Crippen molar-refractivity contribution in [2.45, 2.75) is 0 Å². The van der Waals surface area contributed by atoms with Crippen molar-refractivity contribution in [3.8, 4) is 0 Å². The second-order valence-electron chi connectivity index (χ2n) is 3.53. The predicted octanol–water partition coefficient (Wildman–Crippen LogP) is 0.724. The van der Waals surface area contributed by atoms with E-state index in [1.165, 1.54) is 11.9 Å². The van der Waals surface area contributed by atoms with Crippen LogP contribution in [-0.2, 0) is 9.59 Å². The monoisotopic (exact) mass is 296 g/mol. The third-order valence-corrected chi connectivity index (χ3v) is 3.19. The van der Waals surface area contributed by atoms with Gasteiger partial charge in [0, 0.05) is 11.5 Å². The highest BCUT2D eigenvalue weighted by atomic mass is 79.9. The van der Waals surface area contributed by atoms with E-state index >= 15 is 0 Å². The Bertz CT molecular complexity index is 527. The molecule has 0 unspecified atom stereocenters. The van der Waals surface area contributed by atoms with Crippen LogP contribution in [0.1, 0.15) is 10.4 Å². The van der Waals surface area contributed by atoms with Crippen LogP contribution in [0.5, 0.6) is 0 Å². The number of halogens is 1. The number of anilines is 1. The second-order valence-corrected chi connectivity index (χ2v) is 4.38. The minimum Gasteiger partial charge on any atom is -0.358 e. The van der Waals surface area contributed by atoms with Crippen molar-refractivity contribution in [2.75, 3.05) is 18.5 Å². The van der Waals surface area contributed by atoms with Gasteiger partial charge in [-0.2, -0.15) is 0 Å². The fourth-order valence-corrected chi connectivity index (χ4v) is 2.22. The number of fused-ring (bicyclic) bond motifs is 1. The highest BCUT2D eigenvalue weighted by molar-refractivity contribution is 9.10. The molecule has 0 radical (unpaired) electrons. The average molecular weight is 297 g/mol. The molecule has 1 aromatic carbocycles. The molecular formula is C11H9BrN2O3. The molecule has 0 saturated heterocycles. The molecule has 5 nitrogen and oxygen atoms in total. The maximum Gasteiger partial charge on any atom is 0.299 e. The predicted molar refractivity (Wildman–Crippen MR) is 64.9 cm³/mol. The number of likely N-dealkylation sites (N-methyl/N-ethyl adjacent to an activating group) is 1. The normalized spacial score (nSPS) is 13.9. The smallest absolute Gasteiger partial charge is 0.299 e. The van der Waals surface area contributed by atoms with Gasteiger partial charge in [-0.05, 0) is 28.1 Å². The van der Waals surface area contributed by atoms with Gasteiger partial charge in [-0.1, -0.05) is 6.07 Å². The topological polar surface area (TPSA) is 66.5 Å². The first kappa shape index (κ1) is 11.8. The number of carbonyl (C=O) groups is 3. The van der Waals surface area contributed by atoms with Gasteiger partial charge >= 0.3 is 0 Å². The Hall–Kier alpha value is -1.69. The van der Waals surface area contributed by atoms with Crippen LogP contribution < -0.4 is 10.2 Å². The van der Waals surface area contributed by atoms with E-state index in [2.05, 4.69) is 21.2 Å². The molecule has 0 saturated carbocycles. The maximum absolute atomic E-state index is 11.7. The third-order valence-electron chi connectivity index (χ3n) is 2.53. The number of rotatable bonds is 2. The molecule has 0 spiro atoms. The van der Waals surface area contributed by atoms with Gasteiger partial charge in [0.2, 0.25) is 5.91 Å². The fraction of sp³-hybridized carbons (Fsp3) is 0.182. The van der Waals surface area contributed by atoms with Gasteiger partial charge in [0.05, 0.1) is 11.3 Å². The standard InChI is InChI=1S/C11H9BrN2O3/c1-13-8(15)5-14-7-4-2-3-6(12)9(7)10(16)11(14)17/h2-4H,5H2,1H3,(H,13,15). The van der Waals surface area contributed by atoms with Crippen LogP contribution >= 0.6 is 15.9 Å². The number of carbonyl (C=O) groups excluding carboxylic acids is 3. The molecule has 0 fully saturated rings. The molecule has 17 heavy (non-hydrogen) atoms. The quantitative estimate of drug-likeness (QED) is 0.818. The minimum atomic E-state index is -0.671. The van der Waals surface area contributed by atoms with Gasteiger partial charge in [0.15, 0.2) is 0 Å². The lowest BCUT2D eigenvalue weighted by molar-refractivity contribution is -0.121. The number of ketones is 1. The van der Waals surface area contributed by atoms with Crippen molar-refractivity contribution in [3.05, 3.63) is 28.2 Å². The molecule has 88 valence electrons. The first-order valence-corrected chi connectivity index (χ1v) is 5.71. The van der Waals surface area contributed by atoms with Gasteiger partial charge in [0.1, 0.15) is 6.54 Å². The fourth-order valence-electron chi connectivity index (χ4n) is 1.68. The molecule has 0 atom stereocenters. The lowest BCUT2D eigenvalue weighted by Crippen LogP contribution is -2.38. The van der Waals surface area contributed by atoms with Crippen LogP contribution in [0.3, 0.4) is 0 Å². The summed E-state index contributed by atoms with van der Waals surface area (Å²) < 4.78 is 0.563. The summed E-state index contributed by atoms with van der Waals surface area (Å²) >= 11 is 3.23. The van der Waals surface area contributed by atoms with Gasteiger partial charge in [0.25, 0.3) is 11.7 Å². The summed E-state index contributed by atoms with van der Waals surface area (Å²) in [6.07, 6.45) is 0. The average Bonchev–Trinajstić information content (AvgIpc) is 2.55. The van der Waals surface area contributed by atoms with E-state index in [0.29, 0.717) is 15.7 Å². The Balaban J connectivity index is 2.45. The highest BCUT2D eigenvalue weighted by Gasteiger charge is 2.37. The largest absolute Gasteiger partial charge is 0.358 e. The molecule has 0 aliphatic carbocycles. The van der Waals surface area contributed by atoms with E-state index in [4.69, 9.17) is 0 Å². The number of Topliss-reactive ketones (excluding diaryl/α,β-unsaturated/α-hetero) is 1.